The molecule has 0 bridgehead atoms. The number of benzene rings is 2. The fourth-order valence-electron chi connectivity index (χ4n) is 2.81. The van der Waals surface area contributed by atoms with Crippen LogP contribution < -0.4 is 9.46 Å². The van der Waals surface area contributed by atoms with E-state index in [2.05, 4.69) is 25.2 Å². The number of tetrazole rings is 1. The van der Waals surface area contributed by atoms with Crippen molar-refractivity contribution >= 4 is 20.9 Å². The molecular weight excluding hydrogens is 392 g/mol. The highest BCUT2D eigenvalue weighted by Crippen LogP contribution is 2.23. The SMILES string of the molecule is O=S(=O)(NCCCOc1cccc2cccnc12)c1cccc(-n2cnnn2)c1. The number of fused-ring (bicyclic) bond motifs is 1. The van der Waals surface area contributed by atoms with Crippen LogP contribution in [0.5, 0.6) is 5.75 Å². The monoisotopic (exact) mass is 410 g/mol. The Balaban J connectivity index is 1.34. The number of hydrogen-bond donors (Lipinski definition) is 1. The molecule has 1 N–H and O–H groups in total. The molecule has 148 valence electrons. The summed E-state index contributed by atoms with van der Waals surface area (Å²) in [5.74, 6) is 0.681. The van der Waals surface area contributed by atoms with E-state index in [0.29, 0.717) is 24.5 Å². The molecule has 4 rings (SSSR count). The van der Waals surface area contributed by atoms with E-state index >= 15 is 0 Å². The highest BCUT2D eigenvalue weighted by molar-refractivity contribution is 7.89. The highest BCUT2D eigenvalue weighted by atomic mass is 32.2. The first-order valence-electron chi connectivity index (χ1n) is 8.93. The Morgan fingerprint density at radius 1 is 1.07 bits per heavy atom. The molecule has 9 nitrogen and oxygen atoms in total. The van der Waals surface area contributed by atoms with E-state index in [1.165, 1.54) is 23.1 Å². The lowest BCUT2D eigenvalue weighted by atomic mass is 10.2. The van der Waals surface area contributed by atoms with Crippen LogP contribution in [0.3, 0.4) is 0 Å². The molecule has 2 heterocycles. The third-order valence-corrected chi connectivity index (χ3v) is 5.67. The first-order chi connectivity index (χ1) is 14.1. The van der Waals surface area contributed by atoms with Gasteiger partial charge in [0.25, 0.3) is 0 Å². The van der Waals surface area contributed by atoms with Crippen LogP contribution >= 0.6 is 0 Å². The van der Waals surface area contributed by atoms with Crippen LogP contribution in [-0.2, 0) is 10.0 Å². The largest absolute Gasteiger partial charge is 0.491 e. The van der Waals surface area contributed by atoms with E-state index in [1.807, 2.05) is 30.3 Å². The number of rotatable bonds is 8. The molecule has 0 fully saturated rings. The first-order valence-corrected chi connectivity index (χ1v) is 10.4. The molecule has 0 spiro atoms. The molecule has 2 aromatic heterocycles. The minimum atomic E-state index is -3.65. The highest BCUT2D eigenvalue weighted by Gasteiger charge is 2.14. The third kappa shape index (κ3) is 4.39. The summed E-state index contributed by atoms with van der Waals surface area (Å²) < 4.78 is 34.8. The lowest BCUT2D eigenvalue weighted by Gasteiger charge is -2.10. The van der Waals surface area contributed by atoms with Gasteiger partial charge in [-0.3, -0.25) is 4.98 Å². The Morgan fingerprint density at radius 2 is 1.93 bits per heavy atom. The van der Waals surface area contributed by atoms with Gasteiger partial charge in [0.05, 0.1) is 17.2 Å². The second kappa shape index (κ2) is 8.33. The number of ether oxygens (including phenoxy) is 1. The minimum absolute atomic E-state index is 0.143. The summed E-state index contributed by atoms with van der Waals surface area (Å²) in [6.07, 6.45) is 3.63. The van der Waals surface area contributed by atoms with Gasteiger partial charge in [-0.25, -0.2) is 17.8 Å². The number of pyridine rings is 1. The van der Waals surface area contributed by atoms with E-state index in [1.54, 1.807) is 18.3 Å². The van der Waals surface area contributed by atoms with Crippen LogP contribution in [0, 0.1) is 0 Å². The van der Waals surface area contributed by atoms with Crippen molar-refractivity contribution in [3.05, 3.63) is 67.1 Å². The van der Waals surface area contributed by atoms with Gasteiger partial charge in [-0.1, -0.05) is 24.3 Å². The lowest BCUT2D eigenvalue weighted by Crippen LogP contribution is -2.26. The lowest BCUT2D eigenvalue weighted by molar-refractivity contribution is 0.314. The number of aromatic nitrogens is 5. The molecule has 0 saturated carbocycles. The third-order valence-electron chi connectivity index (χ3n) is 4.21. The molecule has 0 aliphatic carbocycles. The topological polar surface area (TPSA) is 112 Å². The van der Waals surface area contributed by atoms with Crippen LogP contribution in [0.4, 0.5) is 0 Å². The maximum atomic E-state index is 12.5. The number of nitrogens with one attached hydrogen (secondary N) is 1. The number of para-hydroxylation sites is 1. The Kier molecular flexibility index (Phi) is 5.45. The van der Waals surface area contributed by atoms with Crippen molar-refractivity contribution in [2.45, 2.75) is 11.3 Å². The van der Waals surface area contributed by atoms with E-state index in [0.717, 1.165) is 10.9 Å². The molecule has 0 atom stereocenters. The summed E-state index contributed by atoms with van der Waals surface area (Å²) in [5, 5.41) is 11.9. The predicted molar refractivity (Wildman–Crippen MR) is 106 cm³/mol. The molecule has 10 heteroatoms. The summed E-state index contributed by atoms with van der Waals surface area (Å²) in [5.41, 5.74) is 1.35. The van der Waals surface area contributed by atoms with Gasteiger partial charge in [-0.05, 0) is 47.2 Å². The van der Waals surface area contributed by atoms with Crippen molar-refractivity contribution in [2.24, 2.45) is 0 Å². The maximum absolute atomic E-state index is 12.5. The summed E-state index contributed by atoms with van der Waals surface area (Å²) in [4.78, 5) is 4.48. The summed E-state index contributed by atoms with van der Waals surface area (Å²) in [6, 6.07) is 16.0. The first kappa shape index (κ1) is 19.0. The average Bonchev–Trinajstić information content (AvgIpc) is 3.29. The van der Waals surface area contributed by atoms with Crippen molar-refractivity contribution in [2.75, 3.05) is 13.2 Å². The summed E-state index contributed by atoms with van der Waals surface area (Å²) in [6.45, 7) is 0.610. The molecule has 0 aliphatic heterocycles. The fourth-order valence-corrected chi connectivity index (χ4v) is 3.92. The van der Waals surface area contributed by atoms with Gasteiger partial charge in [0, 0.05) is 18.1 Å². The van der Waals surface area contributed by atoms with Crippen molar-refractivity contribution in [1.29, 1.82) is 0 Å². The molecule has 0 radical (unpaired) electrons. The molecule has 4 aromatic rings. The number of sulfonamides is 1. The van der Waals surface area contributed by atoms with Gasteiger partial charge in [-0.15, -0.1) is 5.10 Å². The quantitative estimate of drug-likeness (QED) is 0.442. The number of hydrogen-bond acceptors (Lipinski definition) is 7. The van der Waals surface area contributed by atoms with Crippen molar-refractivity contribution in [1.82, 2.24) is 29.9 Å². The molecule has 29 heavy (non-hydrogen) atoms. The van der Waals surface area contributed by atoms with Gasteiger partial charge in [0.15, 0.2) is 0 Å². The van der Waals surface area contributed by atoms with Gasteiger partial charge < -0.3 is 4.74 Å². The second-order valence-corrected chi connectivity index (χ2v) is 7.95. The molecule has 0 amide bonds. The van der Waals surface area contributed by atoms with Gasteiger partial charge in [0.2, 0.25) is 10.0 Å². The van der Waals surface area contributed by atoms with Crippen molar-refractivity contribution in [3.63, 3.8) is 0 Å². The van der Waals surface area contributed by atoms with Crippen LogP contribution in [0.25, 0.3) is 16.6 Å². The van der Waals surface area contributed by atoms with E-state index in [4.69, 9.17) is 4.74 Å². The Labute approximate surface area is 167 Å². The summed E-state index contributed by atoms with van der Waals surface area (Å²) in [7, 11) is -3.65. The standard InChI is InChI=1S/C19H18N6O3S/c26-29(27,17-8-2-7-16(13-17)25-14-21-23-24-25)22-11-4-12-28-18-9-1-5-15-6-3-10-20-19(15)18/h1-3,5-10,13-14,22H,4,11-12H2. The second-order valence-electron chi connectivity index (χ2n) is 6.18. The van der Waals surface area contributed by atoms with E-state index in [9.17, 15) is 8.42 Å². The van der Waals surface area contributed by atoms with Crippen molar-refractivity contribution in [3.8, 4) is 11.4 Å². The van der Waals surface area contributed by atoms with Gasteiger partial charge in [0.1, 0.15) is 17.6 Å². The minimum Gasteiger partial charge on any atom is -0.491 e. The van der Waals surface area contributed by atoms with Crippen LogP contribution in [-0.4, -0.2) is 46.8 Å². The fraction of sp³-hybridized carbons (Fsp3) is 0.158. The van der Waals surface area contributed by atoms with E-state index in [-0.39, 0.29) is 11.4 Å². The van der Waals surface area contributed by atoms with E-state index < -0.39 is 10.0 Å². The Morgan fingerprint density at radius 3 is 2.79 bits per heavy atom. The summed E-state index contributed by atoms with van der Waals surface area (Å²) >= 11 is 0. The van der Waals surface area contributed by atoms with Gasteiger partial charge in [-0.2, -0.15) is 0 Å². The molecular formula is C19H18N6O3S. The van der Waals surface area contributed by atoms with Crippen molar-refractivity contribution < 1.29 is 13.2 Å². The smallest absolute Gasteiger partial charge is 0.240 e. The van der Waals surface area contributed by atoms with Crippen LogP contribution in [0.2, 0.25) is 0 Å². The van der Waals surface area contributed by atoms with Crippen LogP contribution in [0.15, 0.2) is 72.0 Å². The van der Waals surface area contributed by atoms with Gasteiger partial charge >= 0.3 is 0 Å². The molecule has 0 saturated heterocycles. The predicted octanol–water partition coefficient (Wildman–Crippen LogP) is 1.96. The normalized spacial score (nSPS) is 11.6. The Bertz CT molecular complexity index is 1210. The van der Waals surface area contributed by atoms with Crippen LogP contribution in [0.1, 0.15) is 6.42 Å². The number of nitrogens with zero attached hydrogens (tertiary/aromatic N) is 5. The zero-order valence-corrected chi connectivity index (χ0v) is 16.2. The average molecular weight is 410 g/mol. The molecule has 2 aromatic carbocycles. The maximum Gasteiger partial charge on any atom is 0.240 e. The zero-order chi connectivity index (χ0) is 20.1. The Hall–Kier alpha value is -3.37. The zero-order valence-electron chi connectivity index (χ0n) is 15.3. The molecule has 0 unspecified atom stereocenters. The molecule has 0 aliphatic rings.